The summed E-state index contributed by atoms with van der Waals surface area (Å²) < 4.78 is 10.9. The van der Waals surface area contributed by atoms with E-state index >= 15 is 0 Å². The van der Waals surface area contributed by atoms with Gasteiger partial charge in [0.2, 0.25) is 0 Å². The Morgan fingerprint density at radius 2 is 1.81 bits per heavy atom. The maximum absolute atomic E-state index is 12.6. The summed E-state index contributed by atoms with van der Waals surface area (Å²) in [6.07, 6.45) is 2.67. The van der Waals surface area contributed by atoms with E-state index in [0.29, 0.717) is 21.4 Å². The number of esters is 1. The van der Waals surface area contributed by atoms with Gasteiger partial charge in [0.05, 0.1) is 31.0 Å². The minimum atomic E-state index is -0.730. The van der Waals surface area contributed by atoms with Crippen LogP contribution < -0.4 is 9.47 Å². The summed E-state index contributed by atoms with van der Waals surface area (Å²) in [5.41, 5.74) is 1.34. The number of ether oxygens (including phenoxy) is 2. The molecule has 0 atom stereocenters. The molecule has 0 radical (unpaired) electrons. The van der Waals surface area contributed by atoms with Crippen molar-refractivity contribution in [2.45, 2.75) is 13.2 Å². The van der Waals surface area contributed by atoms with Crippen LogP contribution in [0.3, 0.4) is 0 Å². The van der Waals surface area contributed by atoms with Gasteiger partial charge in [-0.05, 0) is 34.8 Å². The predicted octanol–water partition coefficient (Wildman–Crippen LogP) is 1.88. The highest BCUT2D eigenvalue weighted by molar-refractivity contribution is 6.21. The maximum atomic E-state index is 12.6. The minimum Gasteiger partial charge on any atom is -0.711 e. The fraction of sp³-hybridized carbons (Fsp3) is 0.136. The smallest absolute Gasteiger partial charge is 0.342 e. The zero-order valence-corrected chi connectivity index (χ0v) is 16.5. The maximum Gasteiger partial charge on any atom is 0.342 e. The lowest BCUT2D eigenvalue weighted by molar-refractivity contribution is -0.620. The summed E-state index contributed by atoms with van der Waals surface area (Å²) in [6, 6.07) is 12.8. The molecule has 0 N–H and O–H groups in total. The van der Waals surface area contributed by atoms with Gasteiger partial charge in [0.15, 0.2) is 6.61 Å². The van der Waals surface area contributed by atoms with E-state index in [1.165, 1.54) is 31.6 Å². The summed E-state index contributed by atoms with van der Waals surface area (Å²) in [7, 11) is 1.40. The second kappa shape index (κ2) is 8.23. The Morgan fingerprint density at radius 1 is 1.10 bits per heavy atom. The average Bonchev–Trinajstić information content (AvgIpc) is 3.03. The van der Waals surface area contributed by atoms with Crippen molar-refractivity contribution in [2.24, 2.45) is 0 Å². The Labute approximate surface area is 177 Å². The first-order valence-electron chi connectivity index (χ1n) is 9.32. The van der Waals surface area contributed by atoms with Crippen molar-refractivity contribution in [3.63, 3.8) is 0 Å². The monoisotopic (exact) mass is 419 g/mol. The summed E-state index contributed by atoms with van der Waals surface area (Å²) in [5.74, 6) is -1.23. The van der Waals surface area contributed by atoms with Crippen molar-refractivity contribution in [2.75, 3.05) is 7.11 Å². The lowest BCUT2D eigenvalue weighted by Crippen LogP contribution is -2.33. The molecule has 9 nitrogen and oxygen atoms in total. The van der Waals surface area contributed by atoms with Crippen LogP contribution in [-0.2, 0) is 17.9 Å². The standard InChI is InChI=1S/C22H17N3O6/c1-30-18-8-7-14(12-24-20(26)15-5-2-3-6-16(15)21(24)27)11-17(18)22(28)31-13-19-23-9-4-10-25(19)29/h2-11H,12-13H2,1H3. The molecule has 9 heteroatoms. The number of carbonyl (C=O) groups excluding carboxylic acids is 3. The van der Waals surface area contributed by atoms with Gasteiger partial charge in [0.1, 0.15) is 17.5 Å². The molecule has 2 heterocycles. The zero-order valence-electron chi connectivity index (χ0n) is 16.5. The van der Waals surface area contributed by atoms with Crippen LogP contribution in [0.25, 0.3) is 0 Å². The fourth-order valence-electron chi connectivity index (χ4n) is 3.28. The lowest BCUT2D eigenvalue weighted by atomic mass is 10.1. The van der Waals surface area contributed by atoms with Gasteiger partial charge in [-0.25, -0.2) is 9.52 Å². The van der Waals surface area contributed by atoms with Gasteiger partial charge in [-0.1, -0.05) is 18.2 Å². The molecule has 0 aliphatic carbocycles. The first-order valence-corrected chi connectivity index (χ1v) is 9.32. The van der Waals surface area contributed by atoms with E-state index in [4.69, 9.17) is 9.47 Å². The van der Waals surface area contributed by atoms with Crippen molar-refractivity contribution in [3.05, 3.63) is 94.2 Å². The van der Waals surface area contributed by atoms with Crippen molar-refractivity contribution < 1.29 is 28.6 Å². The van der Waals surface area contributed by atoms with Gasteiger partial charge in [0.25, 0.3) is 11.8 Å². The number of hydrogen-bond donors (Lipinski definition) is 0. The highest BCUT2D eigenvalue weighted by Crippen LogP contribution is 2.26. The number of hydrogen-bond acceptors (Lipinski definition) is 7. The Hall–Kier alpha value is -4.27. The van der Waals surface area contributed by atoms with Crippen LogP contribution in [0.15, 0.2) is 60.9 Å². The Kier molecular flexibility index (Phi) is 5.31. The molecule has 1 aromatic heterocycles. The molecular formula is C22H17N3O6. The molecule has 2 aromatic carbocycles. The van der Waals surface area contributed by atoms with E-state index < -0.39 is 17.8 Å². The van der Waals surface area contributed by atoms with Crippen LogP contribution in [0.5, 0.6) is 5.75 Å². The van der Waals surface area contributed by atoms with E-state index in [9.17, 15) is 19.6 Å². The number of fused-ring (bicyclic) bond motifs is 1. The van der Waals surface area contributed by atoms with Gasteiger partial charge >= 0.3 is 11.8 Å². The van der Waals surface area contributed by atoms with Crippen LogP contribution in [0.4, 0.5) is 0 Å². The first kappa shape index (κ1) is 20.0. The topological polar surface area (TPSA) is 113 Å². The third kappa shape index (κ3) is 3.80. The fourth-order valence-corrected chi connectivity index (χ4v) is 3.28. The van der Waals surface area contributed by atoms with Crippen LogP contribution in [0, 0.1) is 5.21 Å². The summed E-state index contributed by atoms with van der Waals surface area (Å²) >= 11 is 0. The number of methoxy groups -OCH3 is 1. The quantitative estimate of drug-likeness (QED) is 0.259. The van der Waals surface area contributed by atoms with Crippen LogP contribution >= 0.6 is 0 Å². The molecular weight excluding hydrogens is 402 g/mol. The second-order valence-corrected chi connectivity index (χ2v) is 6.71. The molecule has 0 bridgehead atoms. The molecule has 0 fully saturated rings. The van der Waals surface area contributed by atoms with Gasteiger partial charge in [-0.3, -0.25) is 14.5 Å². The van der Waals surface area contributed by atoms with E-state index in [1.54, 1.807) is 36.4 Å². The molecule has 0 saturated heterocycles. The zero-order chi connectivity index (χ0) is 22.0. The minimum absolute atomic E-state index is 0.0164. The predicted molar refractivity (Wildman–Crippen MR) is 106 cm³/mol. The molecule has 2 amide bonds. The largest absolute Gasteiger partial charge is 0.711 e. The molecule has 4 rings (SSSR count). The third-order valence-electron chi connectivity index (χ3n) is 4.82. The number of nitrogens with zero attached hydrogens (tertiary/aromatic N) is 3. The molecule has 3 aromatic rings. The molecule has 31 heavy (non-hydrogen) atoms. The van der Waals surface area contributed by atoms with Crippen molar-refractivity contribution in [1.82, 2.24) is 9.88 Å². The number of imide groups is 1. The summed E-state index contributed by atoms with van der Waals surface area (Å²) in [6.45, 7) is -0.341. The number of amides is 2. The van der Waals surface area contributed by atoms with Gasteiger partial charge in [-0.15, -0.1) is 0 Å². The molecule has 156 valence electrons. The SMILES string of the molecule is COc1ccc(CN2C(=O)c3ccccc3C2=O)cc1C(=O)OCc1nccc[n+]1[O-]. The molecule has 0 saturated carbocycles. The summed E-state index contributed by atoms with van der Waals surface area (Å²) in [5, 5.41) is 11.7. The molecule has 1 aliphatic heterocycles. The van der Waals surface area contributed by atoms with Gasteiger partial charge < -0.3 is 14.7 Å². The number of carbonyl (C=O) groups is 3. The van der Waals surface area contributed by atoms with E-state index in [2.05, 4.69) is 4.98 Å². The average molecular weight is 419 g/mol. The van der Waals surface area contributed by atoms with E-state index in [1.807, 2.05) is 0 Å². The van der Waals surface area contributed by atoms with Crippen LogP contribution in [0.1, 0.15) is 42.5 Å². The third-order valence-corrected chi connectivity index (χ3v) is 4.82. The molecule has 1 aliphatic rings. The van der Waals surface area contributed by atoms with Crippen LogP contribution in [-0.4, -0.2) is 34.8 Å². The Bertz CT molecular complexity index is 1160. The van der Waals surface area contributed by atoms with Crippen molar-refractivity contribution in [3.8, 4) is 5.75 Å². The second-order valence-electron chi connectivity index (χ2n) is 6.71. The summed E-state index contributed by atoms with van der Waals surface area (Å²) in [4.78, 5) is 42.8. The van der Waals surface area contributed by atoms with Gasteiger partial charge in [-0.2, -0.15) is 0 Å². The molecule has 0 spiro atoms. The van der Waals surface area contributed by atoms with Crippen molar-refractivity contribution >= 4 is 17.8 Å². The normalized spacial score (nSPS) is 12.6. The van der Waals surface area contributed by atoms with Gasteiger partial charge in [0, 0.05) is 6.07 Å². The number of aromatic nitrogens is 2. The highest BCUT2D eigenvalue weighted by Gasteiger charge is 2.35. The number of benzene rings is 2. The first-order chi connectivity index (χ1) is 15.0. The number of rotatable bonds is 6. The van der Waals surface area contributed by atoms with Crippen LogP contribution in [0.2, 0.25) is 0 Å². The molecule has 0 unspecified atom stereocenters. The highest BCUT2D eigenvalue weighted by atomic mass is 16.5. The van der Waals surface area contributed by atoms with E-state index in [-0.39, 0.29) is 30.3 Å². The van der Waals surface area contributed by atoms with E-state index in [0.717, 1.165) is 4.90 Å². The lowest BCUT2D eigenvalue weighted by Gasteiger charge is -2.15. The van der Waals surface area contributed by atoms with Crippen molar-refractivity contribution in [1.29, 1.82) is 0 Å². The Balaban J connectivity index is 1.54. The Morgan fingerprint density at radius 3 is 2.45 bits per heavy atom.